The minimum atomic E-state index is -0.193. The molecule has 0 saturated carbocycles. The van der Waals surface area contributed by atoms with E-state index in [0.29, 0.717) is 33.7 Å². The SMILES string of the molecule is CN1C(=S)N(c2ccc(Oc3ccccc3)cc2)C(=O)/C1=C\c1ccc2c(c1)OCO2. The topological polar surface area (TPSA) is 51.2 Å². The van der Waals surface area contributed by atoms with Crippen molar-refractivity contribution in [1.29, 1.82) is 0 Å². The quantitative estimate of drug-likeness (QED) is 0.437. The van der Waals surface area contributed by atoms with Gasteiger partial charge in [-0.1, -0.05) is 24.3 Å². The molecule has 1 saturated heterocycles. The van der Waals surface area contributed by atoms with Crippen LogP contribution < -0.4 is 19.1 Å². The molecule has 1 fully saturated rings. The molecule has 0 atom stereocenters. The lowest BCUT2D eigenvalue weighted by atomic mass is 10.1. The summed E-state index contributed by atoms with van der Waals surface area (Å²) in [6.45, 7) is 0.204. The first-order chi connectivity index (χ1) is 15.1. The molecule has 0 radical (unpaired) electrons. The van der Waals surface area contributed by atoms with E-state index in [1.54, 1.807) is 18.0 Å². The molecule has 0 bridgehead atoms. The average molecular weight is 430 g/mol. The van der Waals surface area contributed by atoms with Gasteiger partial charge in [0.15, 0.2) is 16.6 Å². The van der Waals surface area contributed by atoms with Gasteiger partial charge in [-0.3, -0.25) is 9.69 Å². The standard InChI is InChI=1S/C24H18N2O4S/c1-25-20(13-16-7-12-21-22(14-16)29-15-28-21)23(27)26(24(25)31)17-8-10-19(11-9-17)30-18-5-3-2-4-6-18/h2-14H,15H2,1H3/b20-13+. The van der Waals surface area contributed by atoms with Crippen molar-refractivity contribution in [1.82, 2.24) is 4.90 Å². The van der Waals surface area contributed by atoms with Gasteiger partial charge in [0.1, 0.15) is 17.2 Å². The summed E-state index contributed by atoms with van der Waals surface area (Å²) in [4.78, 5) is 16.4. The molecule has 2 heterocycles. The fraction of sp³-hybridized carbons (Fsp3) is 0.0833. The molecule has 0 aliphatic carbocycles. The fourth-order valence-electron chi connectivity index (χ4n) is 3.43. The molecule has 7 heteroatoms. The van der Waals surface area contributed by atoms with Crippen LogP contribution in [0, 0.1) is 0 Å². The van der Waals surface area contributed by atoms with Crippen LogP contribution in [-0.2, 0) is 4.79 Å². The Morgan fingerprint density at radius 2 is 1.65 bits per heavy atom. The smallest absolute Gasteiger partial charge is 0.281 e. The predicted octanol–water partition coefficient (Wildman–Crippen LogP) is 4.81. The number of anilines is 1. The van der Waals surface area contributed by atoms with Crippen molar-refractivity contribution in [3.8, 4) is 23.0 Å². The molecule has 31 heavy (non-hydrogen) atoms. The first-order valence-corrected chi connectivity index (χ1v) is 10.1. The van der Waals surface area contributed by atoms with E-state index in [4.69, 9.17) is 26.4 Å². The summed E-state index contributed by atoms with van der Waals surface area (Å²) < 4.78 is 16.6. The Bertz CT molecular complexity index is 1190. The van der Waals surface area contributed by atoms with Crippen molar-refractivity contribution in [2.75, 3.05) is 18.7 Å². The Hall–Kier alpha value is -3.84. The van der Waals surface area contributed by atoms with E-state index < -0.39 is 0 Å². The number of nitrogens with zero attached hydrogens (tertiary/aromatic N) is 2. The molecule has 1 amide bonds. The number of rotatable bonds is 4. The van der Waals surface area contributed by atoms with Gasteiger partial charge in [-0.2, -0.15) is 0 Å². The maximum absolute atomic E-state index is 13.2. The number of para-hydroxylation sites is 1. The Morgan fingerprint density at radius 1 is 0.935 bits per heavy atom. The maximum Gasteiger partial charge on any atom is 0.281 e. The number of thiocarbonyl (C=S) groups is 1. The van der Waals surface area contributed by atoms with Gasteiger partial charge in [0.05, 0.1) is 5.69 Å². The van der Waals surface area contributed by atoms with Gasteiger partial charge >= 0.3 is 0 Å². The molecule has 0 spiro atoms. The van der Waals surface area contributed by atoms with Crippen molar-refractivity contribution in [2.24, 2.45) is 0 Å². The van der Waals surface area contributed by atoms with E-state index in [2.05, 4.69) is 0 Å². The largest absolute Gasteiger partial charge is 0.457 e. The van der Waals surface area contributed by atoms with Gasteiger partial charge < -0.3 is 19.1 Å². The van der Waals surface area contributed by atoms with Gasteiger partial charge in [-0.25, -0.2) is 0 Å². The number of hydrogen-bond acceptors (Lipinski definition) is 5. The zero-order valence-corrected chi connectivity index (χ0v) is 17.5. The molecule has 5 rings (SSSR count). The molecule has 0 unspecified atom stereocenters. The summed E-state index contributed by atoms with van der Waals surface area (Å²) in [5.41, 5.74) is 1.99. The van der Waals surface area contributed by atoms with E-state index >= 15 is 0 Å². The second-order valence-electron chi connectivity index (χ2n) is 7.03. The van der Waals surface area contributed by atoms with E-state index in [-0.39, 0.29) is 12.7 Å². The van der Waals surface area contributed by atoms with Crippen LogP contribution in [0.5, 0.6) is 23.0 Å². The van der Waals surface area contributed by atoms with E-state index in [9.17, 15) is 4.79 Å². The molecule has 2 aliphatic heterocycles. The Kier molecular flexibility index (Phi) is 4.80. The van der Waals surface area contributed by atoms with Crippen LogP contribution in [0.25, 0.3) is 6.08 Å². The minimum absolute atomic E-state index is 0.193. The van der Waals surface area contributed by atoms with Gasteiger partial charge in [-0.15, -0.1) is 0 Å². The summed E-state index contributed by atoms with van der Waals surface area (Å²) in [6.07, 6.45) is 1.80. The lowest BCUT2D eigenvalue weighted by Gasteiger charge is -2.17. The number of hydrogen-bond donors (Lipinski definition) is 0. The van der Waals surface area contributed by atoms with Crippen molar-refractivity contribution in [2.45, 2.75) is 0 Å². The molecular weight excluding hydrogens is 412 g/mol. The van der Waals surface area contributed by atoms with Crippen molar-refractivity contribution in [3.63, 3.8) is 0 Å². The molecule has 0 aromatic heterocycles. The van der Waals surface area contributed by atoms with E-state index in [1.165, 1.54) is 4.90 Å². The van der Waals surface area contributed by atoms with E-state index in [1.807, 2.05) is 72.8 Å². The lowest BCUT2D eigenvalue weighted by molar-refractivity contribution is -0.114. The summed E-state index contributed by atoms with van der Waals surface area (Å²) >= 11 is 5.55. The van der Waals surface area contributed by atoms with Crippen LogP contribution in [0.1, 0.15) is 5.56 Å². The van der Waals surface area contributed by atoms with E-state index in [0.717, 1.165) is 11.3 Å². The fourth-order valence-corrected chi connectivity index (χ4v) is 3.72. The molecule has 2 aliphatic rings. The van der Waals surface area contributed by atoms with Crippen LogP contribution >= 0.6 is 12.2 Å². The Labute approximate surface area is 184 Å². The van der Waals surface area contributed by atoms with Crippen LogP contribution in [0.15, 0.2) is 78.5 Å². The average Bonchev–Trinajstić information content (AvgIpc) is 3.34. The molecule has 6 nitrogen and oxygen atoms in total. The van der Waals surface area contributed by atoms with Crippen LogP contribution in [0.2, 0.25) is 0 Å². The third-order valence-corrected chi connectivity index (χ3v) is 5.49. The zero-order chi connectivity index (χ0) is 21.4. The number of carbonyl (C=O) groups excluding carboxylic acids is 1. The maximum atomic E-state index is 13.2. The highest BCUT2D eigenvalue weighted by atomic mass is 32.1. The van der Waals surface area contributed by atoms with Gasteiger partial charge in [0.25, 0.3) is 5.91 Å². The second-order valence-corrected chi connectivity index (χ2v) is 7.40. The third-order valence-electron chi connectivity index (χ3n) is 5.04. The van der Waals surface area contributed by atoms with Crippen LogP contribution in [0.3, 0.4) is 0 Å². The van der Waals surface area contributed by atoms with Crippen molar-refractivity contribution >= 4 is 35.0 Å². The number of ether oxygens (including phenoxy) is 3. The number of amides is 1. The highest BCUT2D eigenvalue weighted by Crippen LogP contribution is 2.35. The monoisotopic (exact) mass is 430 g/mol. The number of benzene rings is 3. The number of carbonyl (C=O) groups is 1. The third kappa shape index (κ3) is 3.60. The molecular formula is C24H18N2O4S. The van der Waals surface area contributed by atoms with Crippen LogP contribution in [-0.4, -0.2) is 29.8 Å². The molecule has 0 N–H and O–H groups in total. The molecule has 3 aromatic carbocycles. The normalized spacial score (nSPS) is 16.4. The zero-order valence-electron chi connectivity index (χ0n) is 16.6. The van der Waals surface area contributed by atoms with Crippen molar-refractivity contribution in [3.05, 3.63) is 84.1 Å². The first kappa shape index (κ1) is 19.1. The molecule has 154 valence electrons. The number of likely N-dealkylation sites (N-methyl/N-ethyl adjacent to an activating group) is 1. The Balaban J connectivity index is 1.39. The van der Waals surface area contributed by atoms with Gasteiger partial charge in [0.2, 0.25) is 6.79 Å². The summed E-state index contributed by atoms with van der Waals surface area (Å²) in [5, 5.41) is 0.411. The summed E-state index contributed by atoms with van der Waals surface area (Å²) in [6, 6.07) is 22.3. The van der Waals surface area contributed by atoms with Gasteiger partial charge in [-0.05, 0) is 72.4 Å². The summed E-state index contributed by atoms with van der Waals surface area (Å²) in [5.74, 6) is 2.59. The number of fused-ring (bicyclic) bond motifs is 1. The second kappa shape index (κ2) is 7.77. The Morgan fingerprint density at radius 3 is 2.42 bits per heavy atom. The molecule has 3 aromatic rings. The summed E-state index contributed by atoms with van der Waals surface area (Å²) in [7, 11) is 1.78. The minimum Gasteiger partial charge on any atom is -0.457 e. The highest BCUT2D eigenvalue weighted by Gasteiger charge is 2.36. The lowest BCUT2D eigenvalue weighted by Crippen LogP contribution is -2.31. The highest BCUT2D eigenvalue weighted by molar-refractivity contribution is 7.80. The van der Waals surface area contributed by atoms with Gasteiger partial charge in [0, 0.05) is 7.05 Å². The van der Waals surface area contributed by atoms with Crippen LogP contribution in [0.4, 0.5) is 5.69 Å². The predicted molar refractivity (Wildman–Crippen MR) is 121 cm³/mol. The first-order valence-electron chi connectivity index (χ1n) is 9.66. The van der Waals surface area contributed by atoms with Crippen molar-refractivity contribution < 1.29 is 19.0 Å².